The summed E-state index contributed by atoms with van der Waals surface area (Å²) in [4.78, 5) is 43.8. The number of ether oxygens (including phenoxy) is 4. The molecule has 5 heterocycles. The van der Waals surface area contributed by atoms with Crippen molar-refractivity contribution in [2.75, 3.05) is 58.5 Å². The van der Waals surface area contributed by atoms with Gasteiger partial charge in [-0.05, 0) is 60.2 Å². The van der Waals surface area contributed by atoms with E-state index in [1.54, 1.807) is 6.92 Å². The Morgan fingerprint density at radius 1 is 1.11 bits per heavy atom. The standard InChI is InChI=1S/C29H36BrN7O6S/c1-18(43-24(38)5-6-35-10-12-40-13-11-35)28(39)36-7-2-19(3-8-36)4-9-37-27-25(26(31)32-16-33-27)34-29(37)44-23-15-22-21(14-20(23)30)41-17-42-22/h14-16,18-19H,2-13,17H2,1H3,(H2,31,32,33). The van der Waals surface area contributed by atoms with Crippen LogP contribution in [0.25, 0.3) is 11.2 Å². The first-order chi connectivity index (χ1) is 21.4. The molecule has 2 saturated heterocycles. The summed E-state index contributed by atoms with van der Waals surface area (Å²) in [6, 6.07) is 3.83. The third-order valence-electron chi connectivity index (χ3n) is 8.23. The molecule has 0 aliphatic carbocycles. The minimum absolute atomic E-state index is 0.135. The highest BCUT2D eigenvalue weighted by atomic mass is 79.9. The first kappa shape index (κ1) is 30.9. The van der Waals surface area contributed by atoms with Gasteiger partial charge in [0.1, 0.15) is 6.33 Å². The number of nitrogens with zero attached hydrogens (tertiary/aromatic N) is 6. The van der Waals surface area contributed by atoms with Gasteiger partial charge in [0.15, 0.2) is 39.7 Å². The molecule has 1 amide bonds. The maximum absolute atomic E-state index is 13.0. The van der Waals surface area contributed by atoms with Crippen molar-refractivity contribution < 1.29 is 28.5 Å². The number of aromatic nitrogens is 4. The van der Waals surface area contributed by atoms with Crippen molar-refractivity contribution in [1.82, 2.24) is 29.3 Å². The molecule has 2 fully saturated rings. The second kappa shape index (κ2) is 13.9. The minimum Gasteiger partial charge on any atom is -0.454 e. The number of aryl methyl sites for hydroxylation is 1. The van der Waals surface area contributed by atoms with E-state index in [1.807, 2.05) is 17.0 Å². The number of rotatable bonds is 10. The fourth-order valence-corrected chi connectivity index (χ4v) is 7.19. The Bertz CT molecular complexity index is 1510. The van der Waals surface area contributed by atoms with Gasteiger partial charge in [0, 0.05) is 48.6 Å². The average molecular weight is 691 g/mol. The predicted molar refractivity (Wildman–Crippen MR) is 165 cm³/mol. The van der Waals surface area contributed by atoms with E-state index in [0.717, 1.165) is 46.9 Å². The Morgan fingerprint density at radius 2 is 1.86 bits per heavy atom. The molecule has 13 nitrogen and oxygen atoms in total. The summed E-state index contributed by atoms with van der Waals surface area (Å²) in [7, 11) is 0. The van der Waals surface area contributed by atoms with E-state index in [2.05, 4.69) is 35.4 Å². The highest BCUT2D eigenvalue weighted by Gasteiger charge is 2.29. The molecule has 3 aromatic rings. The number of nitrogens with two attached hydrogens (primary N) is 1. The molecule has 1 atom stereocenters. The van der Waals surface area contributed by atoms with Gasteiger partial charge in [-0.1, -0.05) is 11.8 Å². The Kier molecular flexibility index (Phi) is 9.74. The number of morpholine rings is 1. The normalized spacial score (nSPS) is 18.1. The van der Waals surface area contributed by atoms with Crippen LogP contribution in [0.4, 0.5) is 5.82 Å². The smallest absolute Gasteiger partial charge is 0.307 e. The van der Waals surface area contributed by atoms with Gasteiger partial charge >= 0.3 is 5.97 Å². The van der Waals surface area contributed by atoms with Crippen LogP contribution < -0.4 is 15.2 Å². The summed E-state index contributed by atoms with van der Waals surface area (Å²) < 4.78 is 24.9. The van der Waals surface area contributed by atoms with Crippen LogP contribution in [-0.2, 0) is 25.6 Å². The van der Waals surface area contributed by atoms with Crippen molar-refractivity contribution in [2.24, 2.45) is 5.92 Å². The van der Waals surface area contributed by atoms with E-state index < -0.39 is 6.10 Å². The molecule has 6 rings (SSSR count). The van der Waals surface area contributed by atoms with Gasteiger partial charge in [0.2, 0.25) is 6.79 Å². The molecule has 2 aromatic heterocycles. The molecule has 3 aliphatic rings. The van der Waals surface area contributed by atoms with E-state index in [-0.39, 0.29) is 25.1 Å². The fourth-order valence-electron chi connectivity index (χ4n) is 5.68. The number of piperidine rings is 1. The van der Waals surface area contributed by atoms with Gasteiger partial charge in [0.05, 0.1) is 19.6 Å². The van der Waals surface area contributed by atoms with Crippen LogP contribution in [0.5, 0.6) is 11.5 Å². The van der Waals surface area contributed by atoms with Crippen molar-refractivity contribution >= 4 is 56.6 Å². The van der Waals surface area contributed by atoms with E-state index in [4.69, 9.17) is 29.7 Å². The van der Waals surface area contributed by atoms with Crippen molar-refractivity contribution in [1.29, 1.82) is 0 Å². The number of hydrogen-bond acceptors (Lipinski definition) is 12. The summed E-state index contributed by atoms with van der Waals surface area (Å²) >= 11 is 5.14. The third-order valence-corrected chi connectivity index (χ3v) is 10.2. The Balaban J connectivity index is 1.03. The van der Waals surface area contributed by atoms with Crippen molar-refractivity contribution in [2.45, 2.75) is 55.3 Å². The number of fused-ring (bicyclic) bond motifs is 2. The van der Waals surface area contributed by atoms with Gasteiger partial charge in [-0.2, -0.15) is 0 Å². The van der Waals surface area contributed by atoms with Crippen molar-refractivity contribution in [3.05, 3.63) is 22.9 Å². The van der Waals surface area contributed by atoms with Gasteiger partial charge < -0.3 is 34.1 Å². The lowest BCUT2D eigenvalue weighted by Gasteiger charge is -2.33. The van der Waals surface area contributed by atoms with E-state index in [0.29, 0.717) is 73.8 Å². The van der Waals surface area contributed by atoms with Gasteiger partial charge in [-0.25, -0.2) is 15.0 Å². The average Bonchev–Trinajstić information content (AvgIpc) is 3.64. The Labute approximate surface area is 267 Å². The molecule has 44 heavy (non-hydrogen) atoms. The largest absolute Gasteiger partial charge is 0.454 e. The molecule has 3 aliphatic heterocycles. The highest BCUT2D eigenvalue weighted by Crippen LogP contribution is 2.43. The number of likely N-dealkylation sites (tertiary alicyclic amines) is 1. The van der Waals surface area contributed by atoms with Crippen LogP contribution in [0, 0.1) is 5.92 Å². The number of benzene rings is 1. The number of esters is 1. The molecule has 0 radical (unpaired) electrons. The number of nitrogen functional groups attached to an aromatic ring is 1. The van der Waals surface area contributed by atoms with Crippen LogP contribution in [0.1, 0.15) is 32.6 Å². The fraction of sp³-hybridized carbons (Fsp3) is 0.552. The number of hydrogen-bond donors (Lipinski definition) is 1. The molecule has 0 saturated carbocycles. The van der Waals surface area contributed by atoms with Crippen LogP contribution in [0.2, 0.25) is 0 Å². The number of halogens is 1. The zero-order valence-electron chi connectivity index (χ0n) is 24.6. The quantitative estimate of drug-likeness (QED) is 0.311. The lowest BCUT2D eigenvalue weighted by atomic mass is 9.93. The Hall–Kier alpha value is -3.14. The summed E-state index contributed by atoms with van der Waals surface area (Å²) in [6.07, 6.45) is 3.56. The van der Waals surface area contributed by atoms with Crippen LogP contribution in [0.3, 0.4) is 0 Å². The van der Waals surface area contributed by atoms with Crippen LogP contribution in [-0.4, -0.2) is 100 Å². The number of imidazole rings is 1. The molecular formula is C29H36BrN7O6S. The SMILES string of the molecule is CC(OC(=O)CCN1CCOCC1)C(=O)N1CCC(CCn2c(Sc3cc4c(cc3Br)OCO4)nc3c(N)ncnc32)CC1. The maximum Gasteiger partial charge on any atom is 0.307 e. The topological polar surface area (TPSA) is 147 Å². The van der Waals surface area contributed by atoms with E-state index >= 15 is 0 Å². The van der Waals surface area contributed by atoms with Gasteiger partial charge in [-0.15, -0.1) is 0 Å². The lowest BCUT2D eigenvalue weighted by molar-refractivity contribution is -0.160. The third kappa shape index (κ3) is 7.05. The highest BCUT2D eigenvalue weighted by molar-refractivity contribution is 9.10. The molecule has 15 heteroatoms. The molecule has 2 N–H and O–H groups in total. The van der Waals surface area contributed by atoms with E-state index in [1.165, 1.54) is 18.1 Å². The first-order valence-corrected chi connectivity index (χ1v) is 16.5. The van der Waals surface area contributed by atoms with Gasteiger partial charge in [-0.3, -0.25) is 14.5 Å². The second-order valence-corrected chi connectivity index (χ2v) is 13.0. The maximum atomic E-state index is 13.0. The van der Waals surface area contributed by atoms with E-state index in [9.17, 15) is 9.59 Å². The number of amides is 1. The number of carbonyl (C=O) groups is 2. The van der Waals surface area contributed by atoms with Crippen LogP contribution in [0.15, 0.2) is 33.0 Å². The molecular weight excluding hydrogens is 654 g/mol. The summed E-state index contributed by atoms with van der Waals surface area (Å²) in [5, 5.41) is 0.753. The van der Waals surface area contributed by atoms with Crippen molar-refractivity contribution in [3.8, 4) is 11.5 Å². The second-order valence-electron chi connectivity index (χ2n) is 11.1. The zero-order valence-corrected chi connectivity index (χ0v) is 27.0. The molecule has 0 spiro atoms. The number of anilines is 1. The van der Waals surface area contributed by atoms with Crippen LogP contribution >= 0.6 is 27.7 Å². The van der Waals surface area contributed by atoms with Crippen molar-refractivity contribution in [3.63, 3.8) is 0 Å². The number of carbonyl (C=O) groups excluding carboxylic acids is 2. The molecule has 1 aromatic carbocycles. The zero-order chi connectivity index (χ0) is 30.6. The predicted octanol–water partition coefficient (Wildman–Crippen LogP) is 3.33. The summed E-state index contributed by atoms with van der Waals surface area (Å²) in [6.45, 7) is 7.42. The Morgan fingerprint density at radius 3 is 2.64 bits per heavy atom. The first-order valence-electron chi connectivity index (χ1n) is 14.9. The molecule has 1 unspecified atom stereocenters. The molecule has 0 bridgehead atoms. The summed E-state index contributed by atoms with van der Waals surface area (Å²) in [5.41, 5.74) is 7.42. The van der Waals surface area contributed by atoms with Gasteiger partial charge in [0.25, 0.3) is 5.91 Å². The summed E-state index contributed by atoms with van der Waals surface area (Å²) in [5.74, 6) is 1.66. The monoisotopic (exact) mass is 689 g/mol. The molecule has 236 valence electrons. The minimum atomic E-state index is -0.790. The lowest BCUT2D eigenvalue weighted by Crippen LogP contribution is -2.44.